The van der Waals surface area contributed by atoms with Gasteiger partial charge in [0.25, 0.3) is 5.91 Å². The zero-order valence-corrected chi connectivity index (χ0v) is 18.3. The highest BCUT2D eigenvalue weighted by Gasteiger charge is 2.27. The van der Waals surface area contributed by atoms with Crippen molar-refractivity contribution in [1.29, 1.82) is 0 Å². The second kappa shape index (κ2) is 8.55. The van der Waals surface area contributed by atoms with E-state index in [2.05, 4.69) is 5.32 Å². The lowest BCUT2D eigenvalue weighted by Gasteiger charge is -2.26. The summed E-state index contributed by atoms with van der Waals surface area (Å²) in [5.41, 5.74) is 3.93. The van der Waals surface area contributed by atoms with Gasteiger partial charge in [0, 0.05) is 32.7 Å². The molecule has 1 saturated heterocycles. The molecule has 0 radical (unpaired) electrons. The van der Waals surface area contributed by atoms with Gasteiger partial charge in [-0.15, -0.1) is 0 Å². The molecular formula is C22H29N3O3S. The van der Waals surface area contributed by atoms with E-state index in [0.29, 0.717) is 24.3 Å². The molecule has 0 atom stereocenters. The van der Waals surface area contributed by atoms with Gasteiger partial charge in [0.05, 0.1) is 16.3 Å². The summed E-state index contributed by atoms with van der Waals surface area (Å²) in [6.07, 6.45) is 2.82. The molecule has 0 spiro atoms. The van der Waals surface area contributed by atoms with Gasteiger partial charge in [0.2, 0.25) is 10.0 Å². The number of nitrogens with one attached hydrogen (secondary N) is 1. The molecule has 2 aromatic carbocycles. The number of hydrogen-bond donors (Lipinski definition) is 1. The number of hydrogen-bond acceptors (Lipinski definition) is 4. The first-order chi connectivity index (χ1) is 13.7. The molecule has 29 heavy (non-hydrogen) atoms. The van der Waals surface area contributed by atoms with Crippen LogP contribution in [-0.4, -0.2) is 45.8 Å². The normalized spacial score (nSPS) is 15.2. The molecule has 0 unspecified atom stereocenters. The first-order valence-corrected chi connectivity index (χ1v) is 11.3. The van der Waals surface area contributed by atoms with Crippen molar-refractivity contribution in [2.45, 2.75) is 38.0 Å². The van der Waals surface area contributed by atoms with E-state index in [0.717, 1.165) is 36.1 Å². The molecule has 1 heterocycles. The zero-order chi connectivity index (χ0) is 21.2. The molecule has 6 nitrogen and oxygen atoms in total. The van der Waals surface area contributed by atoms with Crippen LogP contribution in [0.2, 0.25) is 0 Å². The van der Waals surface area contributed by atoms with Gasteiger partial charge in [-0.1, -0.05) is 12.5 Å². The Morgan fingerprint density at radius 2 is 1.66 bits per heavy atom. The van der Waals surface area contributed by atoms with E-state index in [-0.39, 0.29) is 10.8 Å². The predicted molar refractivity (Wildman–Crippen MR) is 117 cm³/mol. The molecule has 3 rings (SSSR count). The second-order valence-corrected chi connectivity index (χ2v) is 9.73. The number of sulfonamides is 1. The van der Waals surface area contributed by atoms with Gasteiger partial charge in [-0.05, 0) is 68.1 Å². The van der Waals surface area contributed by atoms with Crippen LogP contribution in [0.15, 0.2) is 41.3 Å². The summed E-state index contributed by atoms with van der Waals surface area (Å²) in [4.78, 5) is 14.9. The summed E-state index contributed by atoms with van der Waals surface area (Å²) in [5, 5.41) is 2.91. The third-order valence-electron chi connectivity index (χ3n) is 5.42. The number of carbonyl (C=O) groups excluding carboxylic acids is 1. The Kier molecular flexibility index (Phi) is 6.29. The summed E-state index contributed by atoms with van der Waals surface area (Å²) < 4.78 is 27.7. The molecule has 2 aromatic rings. The van der Waals surface area contributed by atoms with Gasteiger partial charge < -0.3 is 10.2 Å². The maximum atomic E-state index is 13.1. The minimum Gasteiger partial charge on any atom is -0.376 e. The highest BCUT2D eigenvalue weighted by atomic mass is 32.2. The molecule has 1 N–H and O–H groups in total. The number of benzene rings is 2. The van der Waals surface area contributed by atoms with Crippen LogP contribution in [-0.2, 0) is 10.0 Å². The maximum Gasteiger partial charge on any atom is 0.255 e. The SMILES string of the molecule is Cc1ccc(C(=O)Nc2cc(S(=O)(=O)N3CCCCC3)ccc2N(C)C)cc1C. The van der Waals surface area contributed by atoms with Crippen molar-refractivity contribution in [2.75, 3.05) is 37.4 Å². The zero-order valence-electron chi connectivity index (χ0n) is 17.5. The van der Waals surface area contributed by atoms with Crippen molar-refractivity contribution >= 4 is 27.3 Å². The molecular weight excluding hydrogens is 386 g/mol. The van der Waals surface area contributed by atoms with E-state index in [1.807, 2.05) is 45.0 Å². The Morgan fingerprint density at radius 3 is 2.28 bits per heavy atom. The highest BCUT2D eigenvalue weighted by Crippen LogP contribution is 2.30. The molecule has 1 amide bonds. The summed E-state index contributed by atoms with van der Waals surface area (Å²) >= 11 is 0. The van der Waals surface area contributed by atoms with Crippen molar-refractivity contribution in [1.82, 2.24) is 4.31 Å². The Bertz CT molecular complexity index is 1010. The van der Waals surface area contributed by atoms with E-state index >= 15 is 0 Å². The fourth-order valence-corrected chi connectivity index (χ4v) is 5.04. The fourth-order valence-electron chi connectivity index (χ4n) is 3.50. The molecule has 7 heteroatoms. The standard InChI is InChI=1S/C22H29N3O3S/c1-16-8-9-18(14-17(16)2)22(26)23-20-15-19(10-11-21(20)24(3)4)29(27,28)25-12-6-5-7-13-25/h8-11,14-15H,5-7,12-13H2,1-4H3,(H,23,26). The smallest absolute Gasteiger partial charge is 0.255 e. The average molecular weight is 416 g/mol. The molecule has 1 fully saturated rings. The second-order valence-electron chi connectivity index (χ2n) is 7.79. The van der Waals surface area contributed by atoms with Crippen LogP contribution < -0.4 is 10.2 Å². The molecule has 0 aliphatic carbocycles. The van der Waals surface area contributed by atoms with Crippen molar-refractivity contribution in [3.8, 4) is 0 Å². The lowest BCUT2D eigenvalue weighted by atomic mass is 10.1. The Hall–Kier alpha value is -2.38. The molecule has 0 aromatic heterocycles. The van der Waals surface area contributed by atoms with Crippen molar-refractivity contribution in [2.24, 2.45) is 0 Å². The van der Waals surface area contributed by atoms with Crippen LogP contribution >= 0.6 is 0 Å². The van der Waals surface area contributed by atoms with E-state index in [1.165, 1.54) is 4.31 Å². The van der Waals surface area contributed by atoms with Crippen molar-refractivity contribution < 1.29 is 13.2 Å². The highest BCUT2D eigenvalue weighted by molar-refractivity contribution is 7.89. The fraction of sp³-hybridized carbons (Fsp3) is 0.409. The molecule has 0 saturated carbocycles. The Labute approximate surface area is 173 Å². The van der Waals surface area contributed by atoms with Crippen LogP contribution in [0.25, 0.3) is 0 Å². The molecule has 156 valence electrons. The monoisotopic (exact) mass is 415 g/mol. The predicted octanol–water partition coefficient (Wildman–Crippen LogP) is 3.80. The van der Waals surface area contributed by atoms with Crippen LogP contribution in [0.5, 0.6) is 0 Å². The van der Waals surface area contributed by atoms with Crippen LogP contribution in [0.3, 0.4) is 0 Å². The molecule has 1 aliphatic rings. The summed E-state index contributed by atoms with van der Waals surface area (Å²) in [7, 11) is 0.146. The van der Waals surface area contributed by atoms with Gasteiger partial charge in [-0.3, -0.25) is 4.79 Å². The minimum atomic E-state index is -3.58. The average Bonchev–Trinajstić information content (AvgIpc) is 2.70. The topological polar surface area (TPSA) is 69.7 Å². The molecule has 0 bridgehead atoms. The number of aryl methyl sites for hydroxylation is 2. The number of piperidine rings is 1. The van der Waals surface area contributed by atoms with Gasteiger partial charge in [-0.2, -0.15) is 4.31 Å². The number of nitrogens with zero attached hydrogens (tertiary/aromatic N) is 2. The van der Waals surface area contributed by atoms with Crippen LogP contribution in [0, 0.1) is 13.8 Å². The lowest BCUT2D eigenvalue weighted by molar-refractivity contribution is 0.102. The largest absolute Gasteiger partial charge is 0.376 e. The van der Waals surface area contributed by atoms with Crippen LogP contribution in [0.4, 0.5) is 11.4 Å². The lowest BCUT2D eigenvalue weighted by Crippen LogP contribution is -2.35. The number of anilines is 2. The Morgan fingerprint density at radius 1 is 0.966 bits per heavy atom. The first-order valence-electron chi connectivity index (χ1n) is 9.90. The Balaban J connectivity index is 1.94. The molecule has 1 aliphatic heterocycles. The van der Waals surface area contributed by atoms with Gasteiger partial charge in [0.15, 0.2) is 0 Å². The third-order valence-corrected chi connectivity index (χ3v) is 7.31. The number of amides is 1. The van der Waals surface area contributed by atoms with Gasteiger partial charge in [-0.25, -0.2) is 8.42 Å². The number of carbonyl (C=O) groups is 1. The van der Waals surface area contributed by atoms with E-state index in [4.69, 9.17) is 0 Å². The summed E-state index contributed by atoms with van der Waals surface area (Å²) in [6, 6.07) is 10.5. The van der Waals surface area contributed by atoms with E-state index < -0.39 is 10.0 Å². The third kappa shape index (κ3) is 4.62. The number of rotatable bonds is 5. The summed E-state index contributed by atoms with van der Waals surface area (Å²) in [5.74, 6) is -0.260. The summed E-state index contributed by atoms with van der Waals surface area (Å²) in [6.45, 7) is 5.05. The van der Waals surface area contributed by atoms with Gasteiger partial charge in [0.1, 0.15) is 0 Å². The quantitative estimate of drug-likeness (QED) is 0.807. The first kappa shape index (κ1) is 21.3. The van der Waals surface area contributed by atoms with Crippen molar-refractivity contribution in [3.05, 3.63) is 53.1 Å². The van der Waals surface area contributed by atoms with Crippen LogP contribution in [0.1, 0.15) is 40.7 Å². The maximum absolute atomic E-state index is 13.1. The van der Waals surface area contributed by atoms with E-state index in [1.54, 1.807) is 24.3 Å². The van der Waals surface area contributed by atoms with Crippen molar-refractivity contribution in [3.63, 3.8) is 0 Å². The minimum absolute atomic E-state index is 0.209. The van der Waals surface area contributed by atoms with Gasteiger partial charge >= 0.3 is 0 Å². The van der Waals surface area contributed by atoms with E-state index in [9.17, 15) is 13.2 Å².